The van der Waals surface area contributed by atoms with Gasteiger partial charge in [-0.3, -0.25) is 4.79 Å². The molecule has 2 N–H and O–H groups in total. The molecular weight excluding hydrogens is 312 g/mol. The Morgan fingerprint density at radius 2 is 1.88 bits per heavy atom. The standard InChI is InChI=1S/C21H22N2O2/c22-14-15-4-3-6-17(12-15)16-8-10-23(11-9-16)21(24)20-13-18-5-1-2-7-19(18)25-20/h1-7,12-13,16H,8-11,14,22H2. The number of nitrogens with zero attached hydrogens (tertiary/aromatic N) is 1. The highest BCUT2D eigenvalue weighted by Crippen LogP contribution is 2.30. The molecule has 0 aliphatic carbocycles. The number of amides is 1. The fourth-order valence-corrected chi connectivity index (χ4v) is 3.63. The van der Waals surface area contributed by atoms with Crippen molar-refractivity contribution in [3.05, 3.63) is 71.5 Å². The van der Waals surface area contributed by atoms with Crippen molar-refractivity contribution in [1.29, 1.82) is 0 Å². The lowest BCUT2D eigenvalue weighted by atomic mass is 9.88. The zero-order valence-electron chi connectivity index (χ0n) is 14.2. The molecule has 0 atom stereocenters. The van der Waals surface area contributed by atoms with Gasteiger partial charge >= 0.3 is 0 Å². The van der Waals surface area contributed by atoms with E-state index in [1.54, 1.807) is 0 Å². The molecule has 25 heavy (non-hydrogen) atoms. The largest absolute Gasteiger partial charge is 0.451 e. The molecule has 2 aromatic carbocycles. The normalized spacial score (nSPS) is 15.6. The van der Waals surface area contributed by atoms with E-state index >= 15 is 0 Å². The van der Waals surface area contributed by atoms with Crippen LogP contribution in [-0.2, 0) is 6.54 Å². The number of rotatable bonds is 3. The predicted molar refractivity (Wildman–Crippen MR) is 98.4 cm³/mol. The van der Waals surface area contributed by atoms with Crippen molar-refractivity contribution in [3.63, 3.8) is 0 Å². The van der Waals surface area contributed by atoms with Gasteiger partial charge in [-0.1, -0.05) is 42.5 Å². The maximum Gasteiger partial charge on any atom is 0.289 e. The third-order valence-corrected chi connectivity index (χ3v) is 5.08. The van der Waals surface area contributed by atoms with Crippen molar-refractivity contribution in [1.82, 2.24) is 4.90 Å². The molecule has 0 radical (unpaired) electrons. The Kier molecular flexibility index (Phi) is 4.28. The molecule has 3 aromatic rings. The number of fused-ring (bicyclic) bond motifs is 1. The first-order valence-electron chi connectivity index (χ1n) is 8.81. The second-order valence-electron chi connectivity index (χ2n) is 6.66. The third kappa shape index (κ3) is 3.17. The molecule has 0 spiro atoms. The van der Waals surface area contributed by atoms with Crippen LogP contribution in [0.4, 0.5) is 0 Å². The summed E-state index contributed by atoms with van der Waals surface area (Å²) < 4.78 is 5.72. The Balaban J connectivity index is 1.45. The van der Waals surface area contributed by atoms with Crippen LogP contribution in [-0.4, -0.2) is 23.9 Å². The Morgan fingerprint density at radius 3 is 2.64 bits per heavy atom. The molecule has 2 heterocycles. The van der Waals surface area contributed by atoms with E-state index in [4.69, 9.17) is 10.2 Å². The fourth-order valence-electron chi connectivity index (χ4n) is 3.63. The summed E-state index contributed by atoms with van der Waals surface area (Å²) in [7, 11) is 0. The van der Waals surface area contributed by atoms with E-state index in [-0.39, 0.29) is 5.91 Å². The van der Waals surface area contributed by atoms with Crippen LogP contribution >= 0.6 is 0 Å². The number of likely N-dealkylation sites (tertiary alicyclic amines) is 1. The molecule has 1 saturated heterocycles. The van der Waals surface area contributed by atoms with Crippen LogP contribution in [0.1, 0.15) is 40.4 Å². The lowest BCUT2D eigenvalue weighted by molar-refractivity contribution is 0.0683. The molecule has 0 bridgehead atoms. The van der Waals surface area contributed by atoms with E-state index in [0.717, 1.165) is 36.9 Å². The van der Waals surface area contributed by atoms with E-state index in [1.807, 2.05) is 35.2 Å². The highest BCUT2D eigenvalue weighted by atomic mass is 16.3. The lowest BCUT2D eigenvalue weighted by Gasteiger charge is -2.31. The van der Waals surface area contributed by atoms with Gasteiger partial charge in [0.15, 0.2) is 5.76 Å². The van der Waals surface area contributed by atoms with Gasteiger partial charge in [0.1, 0.15) is 5.58 Å². The smallest absolute Gasteiger partial charge is 0.289 e. The fraction of sp³-hybridized carbons (Fsp3) is 0.286. The zero-order chi connectivity index (χ0) is 17.2. The van der Waals surface area contributed by atoms with Gasteiger partial charge in [0.2, 0.25) is 0 Å². The zero-order valence-corrected chi connectivity index (χ0v) is 14.2. The van der Waals surface area contributed by atoms with Gasteiger partial charge in [-0.05, 0) is 42.0 Å². The summed E-state index contributed by atoms with van der Waals surface area (Å²) in [5.41, 5.74) is 9.00. The SMILES string of the molecule is NCc1cccc(C2CCN(C(=O)c3cc4ccccc4o3)CC2)c1. The van der Waals surface area contributed by atoms with E-state index in [9.17, 15) is 4.79 Å². The molecule has 1 fully saturated rings. The van der Waals surface area contributed by atoms with Crippen LogP contribution in [0.2, 0.25) is 0 Å². The number of hydrogen-bond donors (Lipinski definition) is 1. The van der Waals surface area contributed by atoms with E-state index in [2.05, 4.69) is 24.3 Å². The molecule has 1 amide bonds. The highest BCUT2D eigenvalue weighted by Gasteiger charge is 2.26. The topological polar surface area (TPSA) is 59.5 Å². The summed E-state index contributed by atoms with van der Waals surface area (Å²) in [6.45, 7) is 2.08. The van der Waals surface area contributed by atoms with Crippen LogP contribution in [0.15, 0.2) is 59.0 Å². The number of para-hydroxylation sites is 1. The third-order valence-electron chi connectivity index (χ3n) is 5.08. The molecule has 0 unspecified atom stereocenters. The number of benzene rings is 2. The van der Waals surface area contributed by atoms with E-state index in [1.165, 1.54) is 11.1 Å². The number of carbonyl (C=O) groups is 1. The number of nitrogens with two attached hydrogens (primary N) is 1. The van der Waals surface area contributed by atoms with Crippen LogP contribution in [0, 0.1) is 0 Å². The molecule has 4 nitrogen and oxygen atoms in total. The summed E-state index contributed by atoms with van der Waals surface area (Å²) in [6.07, 6.45) is 1.94. The first kappa shape index (κ1) is 15.9. The molecule has 4 heteroatoms. The molecular formula is C21H22N2O2. The summed E-state index contributed by atoms with van der Waals surface area (Å²) in [5, 5.41) is 0.972. The van der Waals surface area contributed by atoms with Crippen molar-refractivity contribution in [2.75, 3.05) is 13.1 Å². The minimum Gasteiger partial charge on any atom is -0.451 e. The summed E-state index contributed by atoms with van der Waals surface area (Å²) in [4.78, 5) is 14.6. The predicted octanol–water partition coefficient (Wildman–Crippen LogP) is 3.91. The maximum absolute atomic E-state index is 12.7. The molecule has 1 aromatic heterocycles. The Hall–Kier alpha value is -2.59. The Bertz CT molecular complexity index is 859. The molecule has 4 rings (SSSR count). The van der Waals surface area contributed by atoms with Gasteiger partial charge < -0.3 is 15.1 Å². The maximum atomic E-state index is 12.7. The highest BCUT2D eigenvalue weighted by molar-refractivity contribution is 5.96. The van der Waals surface area contributed by atoms with Crippen molar-refractivity contribution in [3.8, 4) is 0 Å². The summed E-state index contributed by atoms with van der Waals surface area (Å²) in [5.74, 6) is 0.918. The summed E-state index contributed by atoms with van der Waals surface area (Å²) in [6, 6.07) is 18.1. The van der Waals surface area contributed by atoms with Crippen LogP contribution < -0.4 is 5.73 Å². The van der Waals surface area contributed by atoms with E-state index < -0.39 is 0 Å². The number of furan rings is 1. The number of piperidine rings is 1. The first-order valence-corrected chi connectivity index (χ1v) is 8.81. The van der Waals surface area contributed by atoms with Crippen molar-refractivity contribution < 1.29 is 9.21 Å². The summed E-state index contributed by atoms with van der Waals surface area (Å²) >= 11 is 0. The molecule has 128 valence electrons. The van der Waals surface area contributed by atoms with Gasteiger partial charge in [0, 0.05) is 25.0 Å². The number of carbonyl (C=O) groups excluding carboxylic acids is 1. The Morgan fingerprint density at radius 1 is 1.08 bits per heavy atom. The monoisotopic (exact) mass is 334 g/mol. The minimum atomic E-state index is -0.00893. The van der Waals surface area contributed by atoms with Gasteiger partial charge in [-0.15, -0.1) is 0 Å². The lowest BCUT2D eigenvalue weighted by Crippen LogP contribution is -2.37. The second kappa shape index (κ2) is 6.73. The quantitative estimate of drug-likeness (QED) is 0.790. The van der Waals surface area contributed by atoms with E-state index in [0.29, 0.717) is 18.2 Å². The molecule has 1 aliphatic heterocycles. The van der Waals surface area contributed by atoms with Gasteiger partial charge in [0.05, 0.1) is 0 Å². The molecule has 1 aliphatic rings. The van der Waals surface area contributed by atoms with Gasteiger partial charge in [-0.2, -0.15) is 0 Å². The van der Waals surface area contributed by atoms with Crippen LogP contribution in [0.25, 0.3) is 11.0 Å². The van der Waals surface area contributed by atoms with Crippen molar-refractivity contribution >= 4 is 16.9 Å². The van der Waals surface area contributed by atoms with Crippen molar-refractivity contribution in [2.24, 2.45) is 5.73 Å². The average molecular weight is 334 g/mol. The Labute approximate surface area is 147 Å². The minimum absolute atomic E-state index is 0.00893. The second-order valence-corrected chi connectivity index (χ2v) is 6.66. The molecule has 0 saturated carbocycles. The first-order chi connectivity index (χ1) is 12.2. The van der Waals surface area contributed by atoms with Crippen LogP contribution in [0.5, 0.6) is 0 Å². The van der Waals surface area contributed by atoms with Gasteiger partial charge in [0.25, 0.3) is 5.91 Å². The van der Waals surface area contributed by atoms with Gasteiger partial charge in [-0.25, -0.2) is 0 Å². The number of hydrogen-bond acceptors (Lipinski definition) is 3. The average Bonchev–Trinajstić information content (AvgIpc) is 3.12. The van der Waals surface area contributed by atoms with Crippen molar-refractivity contribution in [2.45, 2.75) is 25.3 Å². The van der Waals surface area contributed by atoms with Crippen LogP contribution in [0.3, 0.4) is 0 Å².